The molecule has 1 N–H and O–H groups in total. The third kappa shape index (κ3) is 4.63. The molecule has 0 bridgehead atoms. The average Bonchev–Trinajstić information content (AvgIpc) is 3.70. The molecule has 0 saturated heterocycles. The van der Waals surface area contributed by atoms with Gasteiger partial charge in [-0.3, -0.25) is 0 Å². The fourth-order valence-electron chi connectivity index (χ4n) is 4.76. The van der Waals surface area contributed by atoms with Crippen molar-refractivity contribution in [2.75, 3.05) is 7.11 Å². The zero-order valence-electron chi connectivity index (χ0n) is 18.7. The van der Waals surface area contributed by atoms with E-state index in [2.05, 4.69) is 31.2 Å². The number of thiophene rings is 1. The first-order valence-corrected chi connectivity index (χ1v) is 12.4. The van der Waals surface area contributed by atoms with Gasteiger partial charge in [-0.1, -0.05) is 25.0 Å². The van der Waals surface area contributed by atoms with Crippen molar-refractivity contribution < 1.29 is 14.3 Å². The maximum absolute atomic E-state index is 13.2. The van der Waals surface area contributed by atoms with Gasteiger partial charge in [-0.2, -0.15) is 0 Å². The maximum atomic E-state index is 13.2. The lowest BCUT2D eigenvalue weighted by Crippen LogP contribution is -2.17. The Bertz CT molecular complexity index is 1140. The molecular weight excluding hydrogens is 420 g/mol. The van der Waals surface area contributed by atoms with Crippen molar-refractivity contribution in [2.24, 2.45) is 11.8 Å². The highest BCUT2D eigenvalue weighted by Gasteiger charge is 2.38. The molecule has 2 unspecified atom stereocenters. The molecule has 1 aromatic carbocycles. The Morgan fingerprint density at radius 3 is 2.44 bits per heavy atom. The van der Waals surface area contributed by atoms with Gasteiger partial charge >= 0.3 is 5.63 Å². The number of ether oxygens (including phenoxy) is 1. The van der Waals surface area contributed by atoms with Crippen LogP contribution < -0.4 is 10.4 Å². The Balaban J connectivity index is 1.46. The Hall–Kier alpha value is -2.53. The van der Waals surface area contributed by atoms with Gasteiger partial charge in [-0.15, -0.1) is 11.3 Å². The van der Waals surface area contributed by atoms with E-state index in [9.17, 15) is 9.90 Å². The number of hydrogen-bond donors (Lipinski definition) is 1. The van der Waals surface area contributed by atoms with Crippen LogP contribution in [0.1, 0.15) is 70.6 Å². The second kappa shape index (κ2) is 8.78. The molecule has 2 fully saturated rings. The summed E-state index contributed by atoms with van der Waals surface area (Å²) in [6.45, 7) is 2.07. The lowest BCUT2D eigenvalue weighted by Gasteiger charge is -2.19. The van der Waals surface area contributed by atoms with Gasteiger partial charge in [0, 0.05) is 27.7 Å². The van der Waals surface area contributed by atoms with Crippen molar-refractivity contribution in [2.45, 2.75) is 57.3 Å². The molecule has 0 radical (unpaired) electrons. The number of aryl methyl sites for hydroxylation is 1. The van der Waals surface area contributed by atoms with Gasteiger partial charge < -0.3 is 14.3 Å². The van der Waals surface area contributed by atoms with Crippen LogP contribution in [-0.2, 0) is 6.42 Å². The Labute approximate surface area is 192 Å². The van der Waals surface area contributed by atoms with Crippen LogP contribution in [0.2, 0.25) is 0 Å². The summed E-state index contributed by atoms with van der Waals surface area (Å²) in [6, 6.07) is 14.0. The number of rotatable bonds is 9. The first-order chi connectivity index (χ1) is 15.5. The maximum Gasteiger partial charge on any atom is 0.343 e. The molecule has 0 aliphatic heterocycles. The number of methoxy groups -OCH3 is 1. The van der Waals surface area contributed by atoms with Crippen LogP contribution >= 0.6 is 11.3 Å². The van der Waals surface area contributed by atoms with Crippen LogP contribution in [0.4, 0.5) is 0 Å². The second-order valence-electron chi connectivity index (χ2n) is 9.43. The number of benzene rings is 1. The molecule has 2 saturated carbocycles. The highest BCUT2D eigenvalue weighted by Crippen LogP contribution is 2.49. The fraction of sp³-hybridized carbons (Fsp3) is 0.444. The fourth-order valence-corrected chi connectivity index (χ4v) is 5.84. The van der Waals surface area contributed by atoms with E-state index >= 15 is 0 Å². The van der Waals surface area contributed by atoms with Gasteiger partial charge in [0.25, 0.3) is 0 Å². The molecule has 2 atom stereocenters. The summed E-state index contributed by atoms with van der Waals surface area (Å²) in [5.41, 5.74) is 1.23. The standard InChI is InChI=1S/C27H30O4S/c1-16-3-12-24(32-16)25(19-8-9-19)26-22(28)15-23(31-27(26)29)20(13-17-4-5-17)14-18-6-10-21(30-2)11-7-18/h3,6-7,10-12,15,17,19-20,25,28H,4-5,8-9,13-14H2,1-2H3. The zero-order chi connectivity index (χ0) is 22.2. The molecule has 4 nitrogen and oxygen atoms in total. The van der Waals surface area contributed by atoms with E-state index in [-0.39, 0.29) is 23.2 Å². The highest BCUT2D eigenvalue weighted by atomic mass is 32.1. The SMILES string of the molecule is COc1ccc(CC(CC2CC2)c2cc(O)c(C(c3ccc(C)s3)C3CC3)c(=O)o2)cc1. The lowest BCUT2D eigenvalue weighted by atomic mass is 9.89. The van der Waals surface area contributed by atoms with E-state index in [0.29, 0.717) is 23.2 Å². The first-order valence-electron chi connectivity index (χ1n) is 11.6. The molecule has 2 heterocycles. The summed E-state index contributed by atoms with van der Waals surface area (Å²) in [4.78, 5) is 15.6. The number of aromatic hydroxyl groups is 1. The minimum atomic E-state index is -0.376. The van der Waals surface area contributed by atoms with E-state index in [1.54, 1.807) is 24.5 Å². The molecule has 3 aromatic rings. The van der Waals surface area contributed by atoms with Gasteiger partial charge in [0.1, 0.15) is 17.3 Å². The van der Waals surface area contributed by atoms with Gasteiger partial charge in [0.15, 0.2) is 0 Å². The monoisotopic (exact) mass is 450 g/mol. The topological polar surface area (TPSA) is 59.7 Å². The molecule has 168 valence electrons. The molecular formula is C27H30O4S. The minimum Gasteiger partial charge on any atom is -0.507 e. The summed E-state index contributed by atoms with van der Waals surface area (Å²) in [6.07, 6.45) is 6.39. The van der Waals surface area contributed by atoms with Gasteiger partial charge in [-0.05, 0) is 74.3 Å². The Morgan fingerprint density at radius 2 is 1.88 bits per heavy atom. The normalized spacial score (nSPS) is 17.8. The van der Waals surface area contributed by atoms with Gasteiger partial charge in [0.05, 0.1) is 12.7 Å². The van der Waals surface area contributed by atoms with E-state index in [1.165, 1.54) is 23.3 Å². The third-order valence-corrected chi connectivity index (χ3v) is 7.90. The first kappa shape index (κ1) is 21.3. The zero-order valence-corrected chi connectivity index (χ0v) is 19.5. The van der Waals surface area contributed by atoms with Gasteiger partial charge in [-0.25, -0.2) is 4.79 Å². The quantitative estimate of drug-likeness (QED) is 0.410. The van der Waals surface area contributed by atoms with E-state index < -0.39 is 0 Å². The van der Waals surface area contributed by atoms with Crippen LogP contribution in [0.5, 0.6) is 11.5 Å². The molecule has 2 aromatic heterocycles. The smallest absolute Gasteiger partial charge is 0.343 e. The van der Waals surface area contributed by atoms with E-state index in [4.69, 9.17) is 9.15 Å². The Morgan fingerprint density at radius 1 is 1.12 bits per heavy atom. The third-order valence-electron chi connectivity index (χ3n) is 6.82. The van der Waals surface area contributed by atoms with Crippen molar-refractivity contribution in [3.8, 4) is 11.5 Å². The summed E-state index contributed by atoms with van der Waals surface area (Å²) < 4.78 is 11.2. The second-order valence-corrected chi connectivity index (χ2v) is 10.7. The Kier molecular flexibility index (Phi) is 5.85. The van der Waals surface area contributed by atoms with Crippen molar-refractivity contribution in [3.05, 3.63) is 79.5 Å². The number of hydrogen-bond acceptors (Lipinski definition) is 5. The average molecular weight is 451 g/mol. The predicted octanol–water partition coefficient (Wildman–Crippen LogP) is 6.39. The minimum absolute atomic E-state index is 0.0672. The lowest BCUT2D eigenvalue weighted by molar-refractivity contribution is 0.371. The predicted molar refractivity (Wildman–Crippen MR) is 127 cm³/mol. The van der Waals surface area contributed by atoms with Crippen molar-refractivity contribution in [3.63, 3.8) is 0 Å². The summed E-state index contributed by atoms with van der Waals surface area (Å²) in [7, 11) is 1.66. The van der Waals surface area contributed by atoms with Crippen molar-refractivity contribution >= 4 is 11.3 Å². The highest BCUT2D eigenvalue weighted by molar-refractivity contribution is 7.12. The van der Waals surface area contributed by atoms with E-state index in [1.807, 2.05) is 12.1 Å². The molecule has 2 aliphatic carbocycles. The molecule has 0 amide bonds. The van der Waals surface area contributed by atoms with Crippen molar-refractivity contribution in [1.82, 2.24) is 0 Å². The van der Waals surface area contributed by atoms with Crippen LogP contribution in [0.15, 0.2) is 51.7 Å². The molecule has 32 heavy (non-hydrogen) atoms. The molecule has 5 heteroatoms. The van der Waals surface area contributed by atoms with Crippen LogP contribution in [0, 0.1) is 18.8 Å². The largest absolute Gasteiger partial charge is 0.507 e. The molecule has 5 rings (SSSR count). The molecule has 0 spiro atoms. The van der Waals surface area contributed by atoms with E-state index in [0.717, 1.165) is 36.3 Å². The van der Waals surface area contributed by atoms with Crippen molar-refractivity contribution in [1.29, 1.82) is 0 Å². The van der Waals surface area contributed by atoms with Crippen LogP contribution in [0.25, 0.3) is 0 Å². The summed E-state index contributed by atoms with van der Waals surface area (Å²) in [5, 5.41) is 11.0. The summed E-state index contributed by atoms with van der Waals surface area (Å²) >= 11 is 1.71. The van der Waals surface area contributed by atoms with Crippen LogP contribution in [0.3, 0.4) is 0 Å². The summed E-state index contributed by atoms with van der Waals surface area (Å²) in [5.74, 6) is 2.63. The van der Waals surface area contributed by atoms with Gasteiger partial charge in [0.2, 0.25) is 0 Å². The van der Waals surface area contributed by atoms with Crippen LogP contribution in [-0.4, -0.2) is 12.2 Å². The molecule has 2 aliphatic rings.